The molecule has 2 amide bonds. The highest BCUT2D eigenvalue weighted by molar-refractivity contribution is 5.74. The molecule has 6 nitrogen and oxygen atoms in total. The van der Waals surface area contributed by atoms with Crippen LogP contribution in [-0.4, -0.2) is 54.9 Å². The van der Waals surface area contributed by atoms with E-state index in [0.717, 1.165) is 51.3 Å². The van der Waals surface area contributed by atoms with Gasteiger partial charge in [-0.15, -0.1) is 0 Å². The van der Waals surface area contributed by atoms with Gasteiger partial charge in [0.2, 0.25) is 0 Å². The van der Waals surface area contributed by atoms with E-state index in [1.165, 1.54) is 6.42 Å². The number of hydrogen-bond acceptors (Lipinski definition) is 4. The Morgan fingerprint density at radius 3 is 2.84 bits per heavy atom. The van der Waals surface area contributed by atoms with E-state index in [1.807, 2.05) is 13.0 Å². The number of rotatable bonds is 5. The Balaban J connectivity index is 1.38. The van der Waals surface area contributed by atoms with E-state index in [0.29, 0.717) is 5.92 Å². The van der Waals surface area contributed by atoms with Gasteiger partial charge in [-0.2, -0.15) is 0 Å². The Hall–Kier alpha value is -1.79. The van der Waals surface area contributed by atoms with Crippen molar-refractivity contribution >= 4 is 6.03 Å². The number of hydrogen-bond donors (Lipinski definition) is 3. The van der Waals surface area contributed by atoms with E-state index in [-0.39, 0.29) is 23.9 Å². The average Bonchev–Trinajstić information content (AvgIpc) is 3.09. The van der Waals surface area contributed by atoms with Crippen LogP contribution in [-0.2, 0) is 4.74 Å². The Morgan fingerprint density at radius 2 is 2.16 bits per heavy atom. The third-order valence-electron chi connectivity index (χ3n) is 5.18. The molecule has 0 saturated carbocycles. The number of benzene rings is 1. The number of nitrogens with one attached hydrogen (secondary N) is 2. The van der Waals surface area contributed by atoms with Crippen molar-refractivity contribution in [3.05, 3.63) is 29.8 Å². The number of ether oxygens (including phenoxy) is 1. The van der Waals surface area contributed by atoms with Crippen LogP contribution in [0.15, 0.2) is 24.3 Å². The van der Waals surface area contributed by atoms with Crippen molar-refractivity contribution in [3.63, 3.8) is 0 Å². The van der Waals surface area contributed by atoms with Crippen LogP contribution in [0.2, 0.25) is 0 Å². The number of nitrogens with zero attached hydrogens (tertiary/aromatic N) is 1. The summed E-state index contributed by atoms with van der Waals surface area (Å²) in [5, 5.41) is 15.6. The molecule has 0 spiro atoms. The van der Waals surface area contributed by atoms with Crippen LogP contribution >= 0.6 is 0 Å². The van der Waals surface area contributed by atoms with E-state index in [1.54, 1.807) is 18.2 Å². The zero-order chi connectivity index (χ0) is 17.6. The van der Waals surface area contributed by atoms with Gasteiger partial charge in [0, 0.05) is 32.3 Å². The van der Waals surface area contributed by atoms with Crippen molar-refractivity contribution in [3.8, 4) is 5.75 Å². The van der Waals surface area contributed by atoms with Crippen LogP contribution in [0.5, 0.6) is 5.75 Å². The molecule has 0 bridgehead atoms. The second-order valence-corrected chi connectivity index (χ2v) is 7.24. The van der Waals surface area contributed by atoms with Gasteiger partial charge in [-0.1, -0.05) is 12.1 Å². The third-order valence-corrected chi connectivity index (χ3v) is 5.18. The molecule has 2 saturated heterocycles. The van der Waals surface area contributed by atoms with Gasteiger partial charge in [0.1, 0.15) is 5.75 Å². The monoisotopic (exact) mass is 347 g/mol. The van der Waals surface area contributed by atoms with Crippen molar-refractivity contribution in [2.75, 3.05) is 32.8 Å². The number of carbonyl (C=O) groups is 1. The van der Waals surface area contributed by atoms with Crippen molar-refractivity contribution < 1.29 is 14.6 Å². The smallest absolute Gasteiger partial charge is 0.315 e. The number of piperidine rings is 1. The van der Waals surface area contributed by atoms with Crippen LogP contribution in [0.1, 0.15) is 37.8 Å². The molecule has 0 radical (unpaired) electrons. The van der Waals surface area contributed by atoms with Crippen LogP contribution in [0.3, 0.4) is 0 Å². The van der Waals surface area contributed by atoms with Gasteiger partial charge in [-0.05, 0) is 49.8 Å². The summed E-state index contributed by atoms with van der Waals surface area (Å²) in [7, 11) is 0. The predicted molar refractivity (Wildman–Crippen MR) is 96.6 cm³/mol. The summed E-state index contributed by atoms with van der Waals surface area (Å²) >= 11 is 0. The lowest BCUT2D eigenvalue weighted by molar-refractivity contribution is 0.147. The Bertz CT molecular complexity index is 567. The van der Waals surface area contributed by atoms with Crippen LogP contribution in [0.25, 0.3) is 0 Å². The summed E-state index contributed by atoms with van der Waals surface area (Å²) in [6, 6.07) is 6.93. The lowest BCUT2D eigenvalue weighted by Crippen LogP contribution is -2.49. The van der Waals surface area contributed by atoms with Gasteiger partial charge < -0.3 is 25.4 Å². The summed E-state index contributed by atoms with van der Waals surface area (Å²) in [5.74, 6) is 0.891. The van der Waals surface area contributed by atoms with Gasteiger partial charge in [-0.3, -0.25) is 0 Å². The first kappa shape index (κ1) is 18.0. The van der Waals surface area contributed by atoms with Crippen LogP contribution in [0.4, 0.5) is 4.79 Å². The maximum Gasteiger partial charge on any atom is 0.315 e. The Kier molecular flexibility index (Phi) is 6.15. The van der Waals surface area contributed by atoms with Gasteiger partial charge >= 0.3 is 6.03 Å². The van der Waals surface area contributed by atoms with Crippen molar-refractivity contribution in [1.29, 1.82) is 0 Å². The summed E-state index contributed by atoms with van der Waals surface area (Å²) in [4.78, 5) is 14.7. The molecular weight excluding hydrogens is 318 g/mol. The third kappa shape index (κ3) is 5.34. The Labute approximate surface area is 149 Å². The van der Waals surface area contributed by atoms with E-state index >= 15 is 0 Å². The molecule has 2 heterocycles. The standard InChI is InChI=1S/C19H29N3O3/c1-14(16-3-2-4-18(23)11-16)20-19(24)21-17-5-8-22(9-6-17)12-15-7-10-25-13-15/h2-4,11,14-15,17,23H,5-10,12-13H2,1H3,(H2,20,21,24)/t14-,15+/m1/s1. The number of aromatic hydroxyl groups is 1. The van der Waals surface area contributed by atoms with Gasteiger partial charge in [0.05, 0.1) is 12.6 Å². The minimum Gasteiger partial charge on any atom is -0.508 e. The number of amides is 2. The molecule has 0 aromatic heterocycles. The SMILES string of the molecule is C[C@@H](NC(=O)NC1CCN(C[C@@H]2CCOC2)CC1)c1cccc(O)c1. The molecular formula is C19H29N3O3. The van der Waals surface area contributed by atoms with Crippen molar-refractivity contribution in [2.24, 2.45) is 5.92 Å². The highest BCUT2D eigenvalue weighted by Crippen LogP contribution is 2.19. The normalized spacial score (nSPS) is 23.3. The molecule has 1 aromatic carbocycles. The van der Waals surface area contributed by atoms with E-state index in [4.69, 9.17) is 4.74 Å². The van der Waals surface area contributed by atoms with Crippen LogP contribution < -0.4 is 10.6 Å². The molecule has 2 aliphatic rings. The summed E-state index contributed by atoms with van der Waals surface area (Å²) in [6.45, 7) is 6.90. The summed E-state index contributed by atoms with van der Waals surface area (Å²) in [5.41, 5.74) is 0.892. The zero-order valence-electron chi connectivity index (χ0n) is 14.9. The highest BCUT2D eigenvalue weighted by atomic mass is 16.5. The van der Waals surface area contributed by atoms with Crippen molar-refractivity contribution in [1.82, 2.24) is 15.5 Å². The lowest BCUT2D eigenvalue weighted by atomic mass is 10.0. The molecule has 2 aliphatic heterocycles. The minimum atomic E-state index is -0.144. The Morgan fingerprint density at radius 1 is 1.36 bits per heavy atom. The number of phenols is 1. The summed E-state index contributed by atoms with van der Waals surface area (Å²) in [6.07, 6.45) is 3.15. The first-order valence-electron chi connectivity index (χ1n) is 9.26. The van der Waals surface area contributed by atoms with Gasteiger partial charge in [0.25, 0.3) is 0 Å². The fourth-order valence-corrected chi connectivity index (χ4v) is 3.65. The molecule has 0 aliphatic carbocycles. The highest BCUT2D eigenvalue weighted by Gasteiger charge is 2.24. The van der Waals surface area contributed by atoms with Crippen LogP contribution in [0, 0.1) is 5.92 Å². The lowest BCUT2D eigenvalue weighted by Gasteiger charge is -2.33. The predicted octanol–water partition coefficient (Wildman–Crippen LogP) is 2.25. The summed E-state index contributed by atoms with van der Waals surface area (Å²) < 4.78 is 5.45. The molecule has 2 fully saturated rings. The maximum atomic E-state index is 12.2. The molecule has 1 aromatic rings. The number of phenolic OH excluding ortho intramolecular Hbond substituents is 1. The first-order chi connectivity index (χ1) is 12.1. The topological polar surface area (TPSA) is 73.8 Å². The fourth-order valence-electron chi connectivity index (χ4n) is 3.65. The van der Waals surface area contributed by atoms with E-state index in [9.17, 15) is 9.90 Å². The average molecular weight is 347 g/mol. The second kappa shape index (κ2) is 8.54. The number of likely N-dealkylation sites (tertiary alicyclic amines) is 1. The second-order valence-electron chi connectivity index (χ2n) is 7.24. The van der Waals surface area contributed by atoms with E-state index < -0.39 is 0 Å². The largest absolute Gasteiger partial charge is 0.508 e. The van der Waals surface area contributed by atoms with E-state index in [2.05, 4.69) is 15.5 Å². The zero-order valence-corrected chi connectivity index (χ0v) is 14.9. The molecule has 6 heteroatoms. The van der Waals surface area contributed by atoms with Gasteiger partial charge in [-0.25, -0.2) is 4.79 Å². The number of carbonyl (C=O) groups excluding carboxylic acids is 1. The molecule has 138 valence electrons. The first-order valence-corrected chi connectivity index (χ1v) is 9.26. The fraction of sp³-hybridized carbons (Fsp3) is 0.632. The van der Waals surface area contributed by atoms with Crippen molar-refractivity contribution in [2.45, 2.75) is 38.3 Å². The minimum absolute atomic E-state index is 0.140. The number of urea groups is 1. The molecule has 3 N–H and O–H groups in total. The molecule has 3 rings (SSSR count). The van der Waals surface area contributed by atoms with Gasteiger partial charge in [0.15, 0.2) is 0 Å². The molecule has 0 unspecified atom stereocenters. The maximum absolute atomic E-state index is 12.2. The molecule has 25 heavy (non-hydrogen) atoms. The quantitative estimate of drug-likeness (QED) is 0.764. The molecule has 2 atom stereocenters.